The molecule has 3 aromatic rings. The second kappa shape index (κ2) is 7.46. The molecule has 0 radical (unpaired) electrons. The second-order valence-corrected chi connectivity index (χ2v) is 7.12. The SMILES string of the molecule is CN(C)c1ccc(F)cc1C[S+]([O-])c1nc2cc(OC(F)F)ccc2[nH]1. The highest BCUT2D eigenvalue weighted by Gasteiger charge is 2.20. The molecule has 3 rings (SSSR count). The molecule has 2 aromatic carbocycles. The fraction of sp³-hybridized carbons (Fsp3) is 0.235. The van der Waals surface area contributed by atoms with Crippen molar-refractivity contribution in [2.45, 2.75) is 17.5 Å². The molecule has 0 spiro atoms. The Balaban J connectivity index is 1.86. The first-order valence-corrected chi connectivity index (χ1v) is 8.94. The Morgan fingerprint density at radius 3 is 2.69 bits per heavy atom. The molecule has 0 fully saturated rings. The summed E-state index contributed by atoms with van der Waals surface area (Å²) in [6.45, 7) is -2.93. The highest BCUT2D eigenvalue weighted by Crippen LogP contribution is 2.26. The number of nitrogens with zero attached hydrogens (tertiary/aromatic N) is 2. The van der Waals surface area contributed by atoms with E-state index in [0.29, 0.717) is 16.6 Å². The number of ether oxygens (including phenoxy) is 1. The number of anilines is 1. The van der Waals surface area contributed by atoms with E-state index in [1.165, 1.54) is 30.3 Å². The number of benzene rings is 2. The Morgan fingerprint density at radius 1 is 1.23 bits per heavy atom. The van der Waals surface area contributed by atoms with Crippen LogP contribution in [-0.4, -0.2) is 35.2 Å². The lowest BCUT2D eigenvalue weighted by Gasteiger charge is -2.17. The molecule has 1 atom stereocenters. The Kier molecular flexibility index (Phi) is 5.28. The predicted octanol–water partition coefficient (Wildman–Crippen LogP) is 3.68. The predicted molar refractivity (Wildman–Crippen MR) is 93.6 cm³/mol. The number of hydrogen-bond acceptors (Lipinski definition) is 4. The normalized spacial score (nSPS) is 12.6. The van der Waals surface area contributed by atoms with Gasteiger partial charge < -0.3 is 14.2 Å². The van der Waals surface area contributed by atoms with Crippen LogP contribution in [0.1, 0.15) is 5.56 Å². The van der Waals surface area contributed by atoms with Crippen LogP contribution in [0.2, 0.25) is 0 Å². The van der Waals surface area contributed by atoms with Crippen LogP contribution < -0.4 is 9.64 Å². The maximum atomic E-state index is 13.6. The fourth-order valence-electron chi connectivity index (χ4n) is 2.56. The minimum atomic E-state index is -2.93. The van der Waals surface area contributed by atoms with Crippen LogP contribution in [0, 0.1) is 5.82 Å². The second-order valence-electron chi connectivity index (χ2n) is 5.76. The third kappa shape index (κ3) is 4.05. The summed E-state index contributed by atoms with van der Waals surface area (Å²) in [6, 6.07) is 8.53. The maximum Gasteiger partial charge on any atom is 0.387 e. The highest BCUT2D eigenvalue weighted by molar-refractivity contribution is 7.90. The fourth-order valence-corrected chi connectivity index (χ4v) is 3.64. The van der Waals surface area contributed by atoms with E-state index < -0.39 is 23.6 Å². The van der Waals surface area contributed by atoms with Crippen LogP contribution in [0.3, 0.4) is 0 Å². The van der Waals surface area contributed by atoms with Crippen molar-refractivity contribution in [1.82, 2.24) is 9.97 Å². The largest absolute Gasteiger partial charge is 0.609 e. The van der Waals surface area contributed by atoms with Crippen molar-refractivity contribution >= 4 is 27.9 Å². The van der Waals surface area contributed by atoms with E-state index in [1.54, 1.807) is 11.0 Å². The van der Waals surface area contributed by atoms with Gasteiger partial charge in [0.25, 0.3) is 0 Å². The summed E-state index contributed by atoms with van der Waals surface area (Å²) in [5.74, 6) is -0.386. The van der Waals surface area contributed by atoms with Crippen LogP contribution in [0.25, 0.3) is 11.0 Å². The molecule has 0 aliphatic heterocycles. The summed E-state index contributed by atoms with van der Waals surface area (Å²) in [6.07, 6.45) is 0. The van der Waals surface area contributed by atoms with Gasteiger partial charge in [-0.15, -0.1) is 0 Å². The van der Waals surface area contributed by atoms with Gasteiger partial charge in [-0.2, -0.15) is 13.8 Å². The number of aromatic amines is 1. The average Bonchev–Trinajstić information content (AvgIpc) is 2.97. The number of H-pyrrole nitrogens is 1. The molecule has 0 aliphatic rings. The van der Waals surface area contributed by atoms with E-state index in [-0.39, 0.29) is 16.7 Å². The Bertz CT molecular complexity index is 917. The maximum absolute atomic E-state index is 13.6. The van der Waals surface area contributed by atoms with Crippen LogP contribution in [0.5, 0.6) is 5.75 Å². The lowest BCUT2D eigenvalue weighted by Crippen LogP contribution is -2.14. The van der Waals surface area contributed by atoms with Gasteiger partial charge in [0.15, 0.2) is 0 Å². The lowest BCUT2D eigenvalue weighted by atomic mass is 10.2. The van der Waals surface area contributed by atoms with Crippen molar-refractivity contribution < 1.29 is 22.5 Å². The zero-order valence-electron chi connectivity index (χ0n) is 14.0. The van der Waals surface area contributed by atoms with Gasteiger partial charge in [0.2, 0.25) is 0 Å². The number of aromatic nitrogens is 2. The van der Waals surface area contributed by atoms with E-state index in [2.05, 4.69) is 14.7 Å². The Labute approximate surface area is 151 Å². The average molecular weight is 383 g/mol. The topological polar surface area (TPSA) is 64.2 Å². The number of nitrogens with one attached hydrogen (secondary N) is 1. The molecule has 0 amide bonds. The molecule has 5 nitrogen and oxygen atoms in total. The lowest BCUT2D eigenvalue weighted by molar-refractivity contribution is -0.0497. The van der Waals surface area contributed by atoms with E-state index >= 15 is 0 Å². The molecule has 0 bridgehead atoms. The van der Waals surface area contributed by atoms with Crippen LogP contribution in [-0.2, 0) is 16.9 Å². The Morgan fingerprint density at radius 2 is 2.00 bits per heavy atom. The number of rotatable bonds is 6. The van der Waals surface area contributed by atoms with Crippen molar-refractivity contribution in [2.75, 3.05) is 19.0 Å². The van der Waals surface area contributed by atoms with Crippen molar-refractivity contribution in [3.8, 4) is 5.75 Å². The molecule has 0 saturated heterocycles. The van der Waals surface area contributed by atoms with Crippen molar-refractivity contribution in [3.63, 3.8) is 0 Å². The van der Waals surface area contributed by atoms with Crippen LogP contribution in [0.4, 0.5) is 18.9 Å². The molecular formula is C17H16F3N3O2S. The van der Waals surface area contributed by atoms with E-state index in [1.807, 2.05) is 14.1 Å². The summed E-state index contributed by atoms with van der Waals surface area (Å²) < 4.78 is 55.2. The molecule has 1 aromatic heterocycles. The van der Waals surface area contributed by atoms with Gasteiger partial charge in [-0.25, -0.2) is 4.39 Å². The minimum absolute atomic E-state index is 0.0312. The monoisotopic (exact) mass is 383 g/mol. The molecular weight excluding hydrogens is 367 g/mol. The van der Waals surface area contributed by atoms with Gasteiger partial charge in [0.05, 0.1) is 11.0 Å². The van der Waals surface area contributed by atoms with Crippen LogP contribution >= 0.6 is 0 Å². The van der Waals surface area contributed by atoms with Gasteiger partial charge in [-0.1, -0.05) is 0 Å². The molecule has 1 heterocycles. The molecule has 1 unspecified atom stereocenters. The van der Waals surface area contributed by atoms with Crippen molar-refractivity contribution in [2.24, 2.45) is 0 Å². The first-order valence-electron chi connectivity index (χ1n) is 7.62. The molecule has 9 heteroatoms. The third-order valence-corrected chi connectivity index (χ3v) is 4.88. The summed E-state index contributed by atoms with van der Waals surface area (Å²) in [5, 5.41) is 0.183. The molecule has 0 saturated carbocycles. The molecule has 26 heavy (non-hydrogen) atoms. The first kappa shape index (κ1) is 18.4. The summed E-state index contributed by atoms with van der Waals surface area (Å²) >= 11 is -1.57. The smallest absolute Gasteiger partial charge is 0.387 e. The van der Waals surface area contributed by atoms with E-state index in [9.17, 15) is 17.7 Å². The third-order valence-electron chi connectivity index (χ3n) is 3.68. The minimum Gasteiger partial charge on any atom is -0.609 e. The van der Waals surface area contributed by atoms with Gasteiger partial charge in [-0.3, -0.25) is 4.98 Å². The summed E-state index contributed by atoms with van der Waals surface area (Å²) in [5.41, 5.74) is 2.24. The molecule has 1 N–H and O–H groups in total. The van der Waals surface area contributed by atoms with Crippen LogP contribution in [0.15, 0.2) is 41.6 Å². The number of imidazole rings is 1. The number of alkyl halides is 2. The van der Waals surface area contributed by atoms with Gasteiger partial charge in [-0.05, 0) is 30.3 Å². The number of fused-ring (bicyclic) bond motifs is 1. The summed E-state index contributed by atoms with van der Waals surface area (Å²) in [7, 11) is 3.62. The molecule has 0 aliphatic carbocycles. The highest BCUT2D eigenvalue weighted by atomic mass is 32.2. The van der Waals surface area contributed by atoms with Crippen molar-refractivity contribution in [1.29, 1.82) is 0 Å². The number of halogens is 3. The Hall–Kier alpha value is -2.39. The van der Waals surface area contributed by atoms with E-state index in [4.69, 9.17) is 0 Å². The standard InChI is InChI=1S/C17H16F3N3O2S/c1-23(2)15-6-3-11(18)7-10(15)9-26(24)17-21-13-5-4-12(25-16(19)20)8-14(13)22-17/h3-8,16H,9H2,1-2H3,(H,21,22). The summed E-state index contributed by atoms with van der Waals surface area (Å²) in [4.78, 5) is 8.89. The zero-order chi connectivity index (χ0) is 18.8. The first-order chi connectivity index (χ1) is 12.3. The molecule has 138 valence electrons. The van der Waals surface area contributed by atoms with Gasteiger partial charge in [0.1, 0.15) is 17.3 Å². The van der Waals surface area contributed by atoms with Crippen molar-refractivity contribution in [3.05, 3.63) is 47.8 Å². The van der Waals surface area contributed by atoms with Gasteiger partial charge in [0, 0.05) is 42.6 Å². The quantitative estimate of drug-likeness (QED) is 0.660. The van der Waals surface area contributed by atoms with E-state index in [0.717, 1.165) is 5.69 Å². The number of hydrogen-bond donors (Lipinski definition) is 1. The zero-order valence-corrected chi connectivity index (χ0v) is 14.8. The van der Waals surface area contributed by atoms with Gasteiger partial charge >= 0.3 is 11.8 Å².